The number of rotatable bonds is 4. The first-order chi connectivity index (χ1) is 7.69. The summed E-state index contributed by atoms with van der Waals surface area (Å²) in [5, 5.41) is 1.62. The zero-order chi connectivity index (χ0) is 12.0. The molecule has 0 aliphatic carbocycles. The van der Waals surface area contributed by atoms with Crippen molar-refractivity contribution >= 4 is 12.5 Å². The van der Waals surface area contributed by atoms with Crippen molar-refractivity contribution in [2.45, 2.75) is 0 Å². The lowest BCUT2D eigenvalue weighted by Crippen LogP contribution is -2.44. The van der Waals surface area contributed by atoms with E-state index >= 15 is 0 Å². The Morgan fingerprint density at radius 1 is 1.31 bits per heavy atom. The molecule has 0 N–H and O–H groups in total. The van der Waals surface area contributed by atoms with Crippen LogP contribution in [-0.4, -0.2) is 36.8 Å². The molecule has 86 valence electrons. The molecular weight excluding hydrogens is 212 g/mol. The van der Waals surface area contributed by atoms with Crippen LogP contribution in [0.3, 0.4) is 0 Å². The molecule has 0 fully saturated rings. The van der Waals surface area contributed by atoms with Crippen LogP contribution < -0.4 is 4.74 Å². The highest BCUT2D eigenvalue weighted by Crippen LogP contribution is 2.10. The molecular formula is C10H12N2O4. The lowest BCUT2D eigenvalue weighted by molar-refractivity contribution is -0.220. The second-order valence-electron chi connectivity index (χ2n) is 2.78. The third-order valence-corrected chi connectivity index (χ3v) is 1.80. The molecule has 1 aromatic rings. The monoisotopic (exact) mass is 224 g/mol. The molecule has 6 heteroatoms. The van der Waals surface area contributed by atoms with Gasteiger partial charge in [0.25, 0.3) is 0 Å². The molecule has 0 saturated heterocycles. The third kappa shape index (κ3) is 3.04. The second-order valence-corrected chi connectivity index (χ2v) is 2.78. The Labute approximate surface area is 92.9 Å². The smallest absolute Gasteiger partial charge is 0.409 e. The number of carbonyl (C=O) groups is 2. The highest BCUT2D eigenvalue weighted by Gasteiger charge is 2.19. The summed E-state index contributed by atoms with van der Waals surface area (Å²) in [5.41, 5.74) is 0. The van der Waals surface area contributed by atoms with Crippen molar-refractivity contribution in [3.63, 3.8) is 0 Å². The highest BCUT2D eigenvalue weighted by atomic mass is 16.7. The van der Waals surface area contributed by atoms with E-state index in [0.29, 0.717) is 17.2 Å². The molecule has 1 rings (SSSR count). The predicted octanol–water partition coefficient (Wildman–Crippen LogP) is 1.05. The highest BCUT2D eigenvalue weighted by molar-refractivity contribution is 5.80. The zero-order valence-electron chi connectivity index (χ0n) is 8.99. The van der Waals surface area contributed by atoms with Gasteiger partial charge >= 0.3 is 6.09 Å². The predicted molar refractivity (Wildman–Crippen MR) is 55.1 cm³/mol. The lowest BCUT2D eigenvalue weighted by Gasteiger charge is -2.22. The molecule has 2 amide bonds. The number of benzene rings is 1. The van der Waals surface area contributed by atoms with Crippen molar-refractivity contribution in [3.8, 4) is 5.75 Å². The minimum atomic E-state index is -0.842. The van der Waals surface area contributed by atoms with Crippen molar-refractivity contribution in [2.24, 2.45) is 0 Å². The van der Waals surface area contributed by atoms with Gasteiger partial charge in [0.05, 0.1) is 7.11 Å². The second kappa shape index (κ2) is 5.84. The average Bonchev–Trinajstić information content (AvgIpc) is 2.31. The number of carbonyl (C=O) groups excluding carboxylic acids is 2. The molecule has 0 heterocycles. The molecule has 1 aromatic carbocycles. The van der Waals surface area contributed by atoms with Gasteiger partial charge < -0.3 is 4.74 Å². The molecule has 16 heavy (non-hydrogen) atoms. The van der Waals surface area contributed by atoms with Gasteiger partial charge in [-0.05, 0) is 12.1 Å². The van der Waals surface area contributed by atoms with Gasteiger partial charge in [0, 0.05) is 7.05 Å². The summed E-state index contributed by atoms with van der Waals surface area (Å²) in [6.07, 6.45) is -0.542. The average molecular weight is 224 g/mol. The van der Waals surface area contributed by atoms with Gasteiger partial charge in [-0.3, -0.25) is 9.63 Å². The minimum absolute atomic E-state index is 0.300. The van der Waals surface area contributed by atoms with Crippen LogP contribution in [0.15, 0.2) is 30.3 Å². The summed E-state index contributed by atoms with van der Waals surface area (Å²) in [7, 11) is 2.73. The van der Waals surface area contributed by atoms with Crippen molar-refractivity contribution in [1.82, 2.24) is 10.2 Å². The molecule has 0 unspecified atom stereocenters. The Morgan fingerprint density at radius 3 is 2.44 bits per heavy atom. The molecule has 0 saturated carbocycles. The first kappa shape index (κ1) is 12.2. The zero-order valence-corrected chi connectivity index (χ0v) is 8.99. The van der Waals surface area contributed by atoms with Crippen LogP contribution in [-0.2, 0) is 9.63 Å². The number of hydrazine groups is 1. The Bertz CT molecular complexity index is 355. The molecule has 0 atom stereocenters. The van der Waals surface area contributed by atoms with Gasteiger partial charge in [0.2, 0.25) is 6.41 Å². The number of hydroxylamine groups is 1. The Balaban J connectivity index is 2.67. The standard InChI is InChI=1S/C10H12N2O4/c1-11(15-2)12(8-13)10(14)16-9-6-4-3-5-7-9/h3-8H,1-2H3. The van der Waals surface area contributed by atoms with Crippen LogP contribution in [0.4, 0.5) is 4.79 Å². The summed E-state index contributed by atoms with van der Waals surface area (Å²) in [6, 6.07) is 8.43. The SMILES string of the molecule is CON(C)N(C=O)C(=O)Oc1ccccc1. The lowest BCUT2D eigenvalue weighted by atomic mass is 10.3. The van der Waals surface area contributed by atoms with E-state index in [2.05, 4.69) is 4.84 Å². The van der Waals surface area contributed by atoms with Crippen molar-refractivity contribution in [1.29, 1.82) is 0 Å². The maximum atomic E-state index is 11.5. The maximum Gasteiger partial charge on any atom is 0.438 e. The van der Waals surface area contributed by atoms with Crippen LogP contribution in [0.1, 0.15) is 0 Å². The van der Waals surface area contributed by atoms with E-state index in [-0.39, 0.29) is 0 Å². The van der Waals surface area contributed by atoms with E-state index in [9.17, 15) is 9.59 Å². The van der Waals surface area contributed by atoms with E-state index in [1.165, 1.54) is 14.2 Å². The number of ether oxygens (including phenoxy) is 1. The Hall–Kier alpha value is -1.92. The van der Waals surface area contributed by atoms with Crippen LogP contribution in [0.25, 0.3) is 0 Å². The fourth-order valence-corrected chi connectivity index (χ4v) is 0.948. The molecule has 0 aromatic heterocycles. The first-order valence-electron chi connectivity index (χ1n) is 4.48. The number of hydrogen-bond acceptors (Lipinski definition) is 5. The number of hydrogen-bond donors (Lipinski definition) is 0. The van der Waals surface area contributed by atoms with Crippen molar-refractivity contribution in [3.05, 3.63) is 30.3 Å². The molecule has 0 radical (unpaired) electrons. The first-order valence-corrected chi connectivity index (χ1v) is 4.48. The van der Waals surface area contributed by atoms with Crippen molar-refractivity contribution in [2.75, 3.05) is 14.2 Å². The molecule has 6 nitrogen and oxygen atoms in total. The largest absolute Gasteiger partial charge is 0.438 e. The van der Waals surface area contributed by atoms with Gasteiger partial charge in [0.1, 0.15) is 5.75 Å². The maximum absolute atomic E-state index is 11.5. The topological polar surface area (TPSA) is 59.1 Å². The van der Waals surface area contributed by atoms with E-state index in [4.69, 9.17) is 4.74 Å². The molecule has 0 aliphatic rings. The number of imide groups is 1. The molecule has 0 bridgehead atoms. The van der Waals surface area contributed by atoms with E-state index < -0.39 is 6.09 Å². The number of para-hydroxylation sites is 1. The summed E-state index contributed by atoms with van der Waals surface area (Å²) in [5.74, 6) is 0.351. The van der Waals surface area contributed by atoms with Crippen LogP contribution in [0.5, 0.6) is 5.75 Å². The van der Waals surface area contributed by atoms with Crippen LogP contribution in [0.2, 0.25) is 0 Å². The molecule has 0 spiro atoms. The van der Waals surface area contributed by atoms with Gasteiger partial charge in [-0.1, -0.05) is 23.4 Å². The summed E-state index contributed by atoms with van der Waals surface area (Å²) in [6.45, 7) is 0. The van der Waals surface area contributed by atoms with Gasteiger partial charge in [0.15, 0.2) is 0 Å². The minimum Gasteiger partial charge on any atom is -0.409 e. The summed E-state index contributed by atoms with van der Waals surface area (Å²) >= 11 is 0. The van der Waals surface area contributed by atoms with E-state index in [1.807, 2.05) is 0 Å². The Kier molecular flexibility index (Phi) is 4.43. The van der Waals surface area contributed by atoms with Crippen molar-refractivity contribution < 1.29 is 19.2 Å². The third-order valence-electron chi connectivity index (χ3n) is 1.80. The quantitative estimate of drug-likeness (QED) is 0.565. The fourth-order valence-electron chi connectivity index (χ4n) is 0.948. The van der Waals surface area contributed by atoms with Crippen LogP contribution >= 0.6 is 0 Å². The number of amides is 2. The fraction of sp³-hybridized carbons (Fsp3) is 0.200. The van der Waals surface area contributed by atoms with Gasteiger partial charge in [-0.25, -0.2) is 4.79 Å². The van der Waals surface area contributed by atoms with Gasteiger partial charge in [-0.2, -0.15) is 5.01 Å². The van der Waals surface area contributed by atoms with Crippen LogP contribution in [0, 0.1) is 0 Å². The summed E-state index contributed by atoms with van der Waals surface area (Å²) in [4.78, 5) is 26.8. The van der Waals surface area contributed by atoms with E-state index in [0.717, 1.165) is 5.17 Å². The van der Waals surface area contributed by atoms with Gasteiger partial charge in [-0.15, -0.1) is 0 Å². The number of nitrogens with zero attached hydrogens (tertiary/aromatic N) is 2. The molecule has 0 aliphatic heterocycles. The summed E-state index contributed by atoms with van der Waals surface area (Å²) < 4.78 is 4.92. The van der Waals surface area contributed by atoms with E-state index in [1.54, 1.807) is 30.3 Å². The normalized spacial score (nSPS) is 9.94. The Morgan fingerprint density at radius 2 is 1.94 bits per heavy atom.